The van der Waals surface area contributed by atoms with Crippen molar-refractivity contribution >= 4 is 11.3 Å². The molecule has 3 heterocycles. The fourth-order valence-electron chi connectivity index (χ4n) is 4.30. The van der Waals surface area contributed by atoms with Crippen LogP contribution in [0, 0.1) is 16.7 Å². The van der Waals surface area contributed by atoms with Crippen LogP contribution in [0.1, 0.15) is 38.2 Å². The van der Waals surface area contributed by atoms with Crippen LogP contribution in [-0.2, 0) is 9.53 Å². The number of hydrogen-bond donors (Lipinski definition) is 2. The lowest BCUT2D eigenvalue weighted by Crippen LogP contribution is -2.38. The fourth-order valence-corrected chi connectivity index (χ4v) is 4.30. The highest BCUT2D eigenvalue weighted by Gasteiger charge is 2.41. The van der Waals surface area contributed by atoms with E-state index in [-0.39, 0.29) is 17.8 Å². The van der Waals surface area contributed by atoms with Gasteiger partial charge in [-0.25, -0.2) is 4.98 Å². The Labute approximate surface area is 169 Å². The van der Waals surface area contributed by atoms with Gasteiger partial charge in [0.05, 0.1) is 54.5 Å². The second-order valence-corrected chi connectivity index (χ2v) is 8.42. The van der Waals surface area contributed by atoms with E-state index in [1.165, 1.54) is 0 Å². The van der Waals surface area contributed by atoms with Gasteiger partial charge < -0.3 is 20.2 Å². The molecule has 3 N–H and O–H groups in total. The monoisotopic (exact) mass is 391 g/mol. The van der Waals surface area contributed by atoms with Crippen LogP contribution in [0.25, 0.3) is 5.52 Å². The summed E-state index contributed by atoms with van der Waals surface area (Å²) in [5.74, 6) is -0.312. The number of carbonyl (C=O) groups excluding carboxylic acids is 1. The molecule has 0 bridgehead atoms. The first-order valence-corrected chi connectivity index (χ1v) is 9.79. The third-order valence-electron chi connectivity index (χ3n) is 5.52. The second-order valence-electron chi connectivity index (χ2n) is 8.42. The largest absolute Gasteiger partial charge is 0.374 e. The zero-order valence-electron chi connectivity index (χ0n) is 16.7. The number of ether oxygens (including phenoxy) is 1. The van der Waals surface area contributed by atoms with E-state index in [9.17, 15) is 10.1 Å². The molecule has 2 aromatic rings. The van der Waals surface area contributed by atoms with E-state index in [2.05, 4.69) is 30.2 Å². The molecule has 0 radical (unpaired) electrons. The maximum atomic E-state index is 13.2. The molecule has 1 unspecified atom stereocenters. The summed E-state index contributed by atoms with van der Waals surface area (Å²) in [5.41, 5.74) is 10.1. The van der Waals surface area contributed by atoms with Crippen molar-refractivity contribution in [1.82, 2.24) is 14.7 Å². The first kappa shape index (κ1) is 19.4. The van der Waals surface area contributed by atoms with Crippen LogP contribution in [0.3, 0.4) is 0 Å². The van der Waals surface area contributed by atoms with Crippen molar-refractivity contribution < 1.29 is 9.53 Å². The van der Waals surface area contributed by atoms with Crippen molar-refractivity contribution in [2.24, 2.45) is 11.1 Å². The summed E-state index contributed by atoms with van der Waals surface area (Å²) in [4.78, 5) is 17.3. The number of hydrogen-bond acceptors (Lipinski definition) is 6. The Morgan fingerprint density at radius 3 is 3.03 bits per heavy atom. The number of aromatic nitrogens is 2. The summed E-state index contributed by atoms with van der Waals surface area (Å²) in [6, 6.07) is 6.30. The molecule has 0 aromatic carbocycles. The van der Waals surface area contributed by atoms with Gasteiger partial charge >= 0.3 is 0 Å². The van der Waals surface area contributed by atoms with Crippen LogP contribution < -0.4 is 11.1 Å². The average Bonchev–Trinajstić information content (AvgIpc) is 3.14. The Balaban J connectivity index is 1.85. The Morgan fingerprint density at radius 2 is 2.28 bits per heavy atom. The highest BCUT2D eigenvalue weighted by Crippen LogP contribution is 2.46. The minimum absolute atomic E-state index is 0.0943. The third kappa shape index (κ3) is 3.57. The maximum absolute atomic E-state index is 13.2. The quantitative estimate of drug-likeness (QED) is 0.759. The van der Waals surface area contributed by atoms with E-state index < -0.39 is 5.92 Å². The number of fused-ring (bicyclic) bond motifs is 1. The zero-order valence-corrected chi connectivity index (χ0v) is 16.7. The number of ketones is 1. The van der Waals surface area contributed by atoms with Gasteiger partial charge in [0, 0.05) is 30.4 Å². The molecule has 2 aromatic heterocycles. The molecule has 7 nitrogen and oxygen atoms in total. The maximum Gasteiger partial charge on any atom is 0.162 e. The van der Waals surface area contributed by atoms with Crippen molar-refractivity contribution in [2.75, 3.05) is 19.8 Å². The van der Waals surface area contributed by atoms with Gasteiger partial charge in [-0.2, -0.15) is 5.26 Å². The molecular weight excluding hydrogens is 366 g/mol. The number of nitriles is 1. The molecule has 1 atom stereocenters. The summed E-state index contributed by atoms with van der Waals surface area (Å²) in [6.07, 6.45) is 6.63. The predicted molar refractivity (Wildman–Crippen MR) is 109 cm³/mol. The van der Waals surface area contributed by atoms with Gasteiger partial charge in [-0.3, -0.25) is 4.79 Å². The molecule has 0 fully saturated rings. The van der Waals surface area contributed by atoms with E-state index in [0.717, 1.165) is 23.2 Å². The molecule has 29 heavy (non-hydrogen) atoms. The molecule has 7 heteroatoms. The summed E-state index contributed by atoms with van der Waals surface area (Å²) >= 11 is 0. The molecule has 0 saturated heterocycles. The van der Waals surface area contributed by atoms with Crippen molar-refractivity contribution in [2.45, 2.75) is 32.6 Å². The van der Waals surface area contributed by atoms with Crippen LogP contribution in [-0.4, -0.2) is 34.9 Å². The summed E-state index contributed by atoms with van der Waals surface area (Å²) in [5, 5.41) is 13.4. The highest BCUT2D eigenvalue weighted by molar-refractivity contribution is 6.00. The Hall–Kier alpha value is -2.95. The lowest BCUT2D eigenvalue weighted by molar-refractivity contribution is -0.118. The number of imidazole rings is 1. The number of nitrogens with two attached hydrogens (primary N) is 1. The van der Waals surface area contributed by atoms with Gasteiger partial charge in [-0.1, -0.05) is 13.8 Å². The third-order valence-corrected chi connectivity index (χ3v) is 5.52. The predicted octanol–water partition coefficient (Wildman–Crippen LogP) is 2.42. The van der Waals surface area contributed by atoms with Crippen molar-refractivity contribution in [3.8, 4) is 6.07 Å². The molecule has 0 amide bonds. The molecular formula is C22H25N5O2. The van der Waals surface area contributed by atoms with Crippen LogP contribution in [0.4, 0.5) is 0 Å². The first-order chi connectivity index (χ1) is 13.9. The van der Waals surface area contributed by atoms with Gasteiger partial charge in [0.1, 0.15) is 0 Å². The van der Waals surface area contributed by atoms with Crippen molar-refractivity contribution in [3.05, 3.63) is 59.0 Å². The number of nitrogens with one attached hydrogen (secondary N) is 1. The Morgan fingerprint density at radius 1 is 1.45 bits per heavy atom. The number of rotatable bonds is 5. The fraction of sp³-hybridized carbons (Fsp3) is 0.409. The Kier molecular flexibility index (Phi) is 4.99. The molecule has 0 saturated carbocycles. The number of carbonyl (C=O) groups is 1. The van der Waals surface area contributed by atoms with Crippen molar-refractivity contribution in [1.29, 1.82) is 5.26 Å². The van der Waals surface area contributed by atoms with Gasteiger partial charge in [-0.15, -0.1) is 0 Å². The topological polar surface area (TPSA) is 105 Å². The Bertz CT molecular complexity index is 1070. The molecule has 2 aliphatic rings. The van der Waals surface area contributed by atoms with Crippen molar-refractivity contribution in [3.63, 3.8) is 0 Å². The highest BCUT2D eigenvalue weighted by atomic mass is 16.5. The summed E-state index contributed by atoms with van der Waals surface area (Å²) in [7, 11) is 0. The smallest absolute Gasteiger partial charge is 0.162 e. The normalized spacial score (nSPS) is 21.2. The molecule has 150 valence electrons. The number of allylic oxidation sites excluding steroid dienone is 3. The van der Waals surface area contributed by atoms with E-state index in [1.807, 2.05) is 22.7 Å². The number of Topliss-reactive ketones (excluding diaryl/α,β-unsaturated/α-hetero) is 1. The van der Waals surface area contributed by atoms with E-state index >= 15 is 0 Å². The van der Waals surface area contributed by atoms with Crippen LogP contribution in [0.15, 0.2) is 53.4 Å². The van der Waals surface area contributed by atoms with Gasteiger partial charge in [0.15, 0.2) is 5.78 Å². The minimum atomic E-state index is -0.406. The van der Waals surface area contributed by atoms with E-state index in [4.69, 9.17) is 10.5 Å². The van der Waals surface area contributed by atoms with Crippen LogP contribution in [0.2, 0.25) is 0 Å². The van der Waals surface area contributed by atoms with Crippen LogP contribution >= 0.6 is 0 Å². The van der Waals surface area contributed by atoms with E-state index in [1.54, 1.807) is 12.5 Å². The SMILES string of the molecule is CC1(C)CC(=O)C2=C(C1)NC(COCCN)=C(C#N)C2c1ccn2cncc2c1. The molecule has 4 rings (SSSR count). The molecule has 1 aliphatic heterocycles. The molecule has 0 spiro atoms. The van der Waals surface area contributed by atoms with Crippen LogP contribution in [0.5, 0.6) is 0 Å². The van der Waals surface area contributed by atoms with Gasteiger partial charge in [-0.05, 0) is 29.5 Å². The second kappa shape index (κ2) is 7.47. The number of dihydropyridines is 1. The van der Waals surface area contributed by atoms with E-state index in [0.29, 0.717) is 36.4 Å². The number of nitrogens with zero attached hydrogens (tertiary/aromatic N) is 3. The van der Waals surface area contributed by atoms with Gasteiger partial charge in [0.2, 0.25) is 0 Å². The number of pyridine rings is 1. The summed E-state index contributed by atoms with van der Waals surface area (Å²) in [6.45, 7) is 5.27. The lowest BCUT2D eigenvalue weighted by Gasteiger charge is -2.39. The standard InChI is InChI=1S/C22H25N5O2/c1-22(2)8-17-21(19(28)9-22)20(14-3-5-27-13-25-11-15(27)7-14)16(10-24)18(26-17)12-29-6-4-23/h3,5,7,11,13,20,26H,4,6,8-9,12,23H2,1-2H3. The van der Waals surface area contributed by atoms with Gasteiger partial charge in [0.25, 0.3) is 0 Å². The molecule has 1 aliphatic carbocycles. The lowest BCUT2D eigenvalue weighted by atomic mass is 9.69. The first-order valence-electron chi connectivity index (χ1n) is 9.79. The average molecular weight is 391 g/mol. The zero-order chi connectivity index (χ0) is 20.6. The minimum Gasteiger partial charge on any atom is -0.374 e. The summed E-state index contributed by atoms with van der Waals surface area (Å²) < 4.78 is 7.55.